The van der Waals surface area contributed by atoms with Crippen molar-refractivity contribution in [1.29, 1.82) is 0 Å². The maximum atomic E-state index is 12.6. The van der Waals surface area contributed by atoms with Gasteiger partial charge in [0, 0.05) is 12.8 Å². The highest BCUT2D eigenvalue weighted by atomic mass is 16.5. The maximum absolute atomic E-state index is 12.6. The first kappa shape index (κ1) is 84.1. The van der Waals surface area contributed by atoms with Crippen molar-refractivity contribution in [3.8, 4) is 0 Å². The highest BCUT2D eigenvalue weighted by Gasteiger charge is 2.20. The first-order chi connectivity index (χ1) is 42.5. The van der Waals surface area contributed by atoms with Crippen LogP contribution in [0, 0.1) is 0 Å². The molecule has 2 unspecified atom stereocenters. The van der Waals surface area contributed by atoms with E-state index in [1.165, 1.54) is 353 Å². The van der Waals surface area contributed by atoms with Crippen LogP contribution < -0.4 is 5.32 Å². The lowest BCUT2D eigenvalue weighted by atomic mass is 10.0. The number of rotatable bonds is 74. The van der Waals surface area contributed by atoms with Crippen molar-refractivity contribution >= 4 is 11.9 Å². The second kappa shape index (κ2) is 75.5. The Kier molecular flexibility index (Phi) is 73.9. The predicted molar refractivity (Wildman–Crippen MR) is 379 cm³/mol. The number of hydrogen-bond acceptors (Lipinski definition) is 5. The first-order valence-corrected chi connectivity index (χ1v) is 39.2. The first-order valence-electron chi connectivity index (χ1n) is 39.2. The van der Waals surface area contributed by atoms with E-state index in [1.54, 1.807) is 0 Å². The van der Waals surface area contributed by atoms with E-state index < -0.39 is 12.1 Å². The molecule has 0 fully saturated rings. The molecule has 0 bridgehead atoms. The van der Waals surface area contributed by atoms with Crippen molar-refractivity contribution in [1.82, 2.24) is 5.32 Å². The van der Waals surface area contributed by atoms with Gasteiger partial charge in [-0.1, -0.05) is 378 Å². The fraction of sp³-hybridized carbons (Fsp3) is 0.900. The van der Waals surface area contributed by atoms with Crippen LogP contribution in [0.2, 0.25) is 0 Å². The van der Waals surface area contributed by atoms with E-state index in [0.717, 1.165) is 51.4 Å². The SMILES string of the molecule is CCCCC/C=C\CCCCCCCC(=O)OCCCCCCCCCCC/C=C\C/C=C\CCCCCCCCCCCCCCCCCCCC(=O)NC(CO)C(O)CCCCCCCCCCCCCCCCCCCCCCCCCC. The van der Waals surface area contributed by atoms with Crippen molar-refractivity contribution in [2.24, 2.45) is 0 Å². The molecule has 86 heavy (non-hydrogen) atoms. The summed E-state index contributed by atoms with van der Waals surface area (Å²) in [6, 6.07) is -0.542. The third-order valence-electron chi connectivity index (χ3n) is 18.4. The molecule has 3 N–H and O–H groups in total. The van der Waals surface area contributed by atoms with Crippen LogP contribution in [-0.2, 0) is 14.3 Å². The Bertz CT molecular complexity index is 1390. The van der Waals surface area contributed by atoms with Gasteiger partial charge in [-0.3, -0.25) is 9.59 Å². The lowest BCUT2D eigenvalue weighted by molar-refractivity contribution is -0.143. The zero-order valence-corrected chi connectivity index (χ0v) is 58.3. The van der Waals surface area contributed by atoms with Gasteiger partial charge in [-0.25, -0.2) is 0 Å². The number of nitrogens with one attached hydrogen (secondary N) is 1. The number of carbonyl (C=O) groups is 2. The summed E-state index contributed by atoms with van der Waals surface area (Å²) in [7, 11) is 0. The Morgan fingerprint density at radius 1 is 0.326 bits per heavy atom. The van der Waals surface area contributed by atoms with Crippen LogP contribution in [0.3, 0.4) is 0 Å². The Balaban J connectivity index is 3.38. The zero-order valence-electron chi connectivity index (χ0n) is 58.3. The normalized spacial score (nSPS) is 12.7. The molecule has 2 atom stereocenters. The molecule has 6 heteroatoms. The third kappa shape index (κ3) is 71.2. The van der Waals surface area contributed by atoms with E-state index in [9.17, 15) is 19.8 Å². The number of aliphatic hydroxyl groups excluding tert-OH is 2. The van der Waals surface area contributed by atoms with E-state index in [-0.39, 0.29) is 18.5 Å². The number of esters is 1. The summed E-state index contributed by atoms with van der Waals surface area (Å²) in [5.74, 6) is -0.0231. The van der Waals surface area contributed by atoms with E-state index in [0.29, 0.717) is 25.9 Å². The van der Waals surface area contributed by atoms with Crippen molar-refractivity contribution in [2.45, 2.75) is 450 Å². The van der Waals surface area contributed by atoms with Crippen LogP contribution in [0.25, 0.3) is 0 Å². The summed E-state index contributed by atoms with van der Waals surface area (Å²) in [6.45, 7) is 4.97. The lowest BCUT2D eigenvalue weighted by Gasteiger charge is -2.22. The van der Waals surface area contributed by atoms with E-state index >= 15 is 0 Å². The van der Waals surface area contributed by atoms with Crippen LogP contribution in [0.1, 0.15) is 438 Å². The predicted octanol–water partition coefficient (Wildman–Crippen LogP) is 25.8. The molecule has 0 rings (SSSR count). The standard InChI is InChI=1S/C80H153NO5/c1-3-5-7-9-11-13-15-17-18-19-20-21-22-34-37-40-43-46-49-52-56-60-64-68-72-78(83)77(76-82)81-79(84)73-69-65-61-57-53-50-47-44-41-38-35-32-30-28-26-24-23-25-27-29-31-33-36-39-42-45-48-51-55-59-63-67-71-75-86-80(85)74-70-66-62-58-54-16-14-12-10-8-6-4-2/h12,14,27,29,33,36,77-78,82-83H,3-11,13,15-26,28,30-32,34-35,37-76H2,1-2H3,(H,81,84)/b14-12-,29-27-,36-33-. The fourth-order valence-electron chi connectivity index (χ4n) is 12.4. The molecule has 0 saturated carbocycles. The molecule has 0 aliphatic carbocycles. The molecule has 0 aromatic carbocycles. The summed E-state index contributed by atoms with van der Waals surface area (Å²) >= 11 is 0. The molecular weight excluding hydrogens is 1050 g/mol. The number of hydrogen-bond donors (Lipinski definition) is 3. The molecule has 0 heterocycles. The molecule has 0 spiro atoms. The second-order valence-corrected chi connectivity index (χ2v) is 27.0. The third-order valence-corrected chi connectivity index (χ3v) is 18.4. The Hall–Kier alpha value is -1.92. The number of amides is 1. The molecule has 508 valence electrons. The van der Waals surface area contributed by atoms with Crippen LogP contribution in [0.5, 0.6) is 0 Å². The minimum atomic E-state index is -0.665. The van der Waals surface area contributed by atoms with E-state index in [2.05, 4.69) is 55.6 Å². The minimum absolute atomic E-state index is 0.00465. The fourth-order valence-corrected chi connectivity index (χ4v) is 12.4. The van der Waals surface area contributed by atoms with Gasteiger partial charge in [-0.05, 0) is 83.5 Å². The van der Waals surface area contributed by atoms with Gasteiger partial charge in [0.1, 0.15) is 0 Å². The number of aliphatic hydroxyl groups is 2. The van der Waals surface area contributed by atoms with Gasteiger partial charge in [0.2, 0.25) is 5.91 Å². The van der Waals surface area contributed by atoms with Gasteiger partial charge in [0.05, 0.1) is 25.4 Å². The average Bonchev–Trinajstić information content (AvgIpc) is 3.54. The molecule has 0 radical (unpaired) electrons. The molecule has 0 aliphatic rings. The Morgan fingerprint density at radius 2 is 0.581 bits per heavy atom. The molecule has 6 nitrogen and oxygen atoms in total. The van der Waals surface area contributed by atoms with Crippen LogP contribution >= 0.6 is 0 Å². The maximum Gasteiger partial charge on any atom is 0.305 e. The molecule has 0 aromatic heterocycles. The number of ether oxygens (including phenoxy) is 1. The quantitative estimate of drug-likeness (QED) is 0.0320. The van der Waals surface area contributed by atoms with Gasteiger partial charge in [0.25, 0.3) is 0 Å². The topological polar surface area (TPSA) is 95.9 Å². The monoisotopic (exact) mass is 1210 g/mol. The van der Waals surface area contributed by atoms with Gasteiger partial charge in [0.15, 0.2) is 0 Å². The van der Waals surface area contributed by atoms with E-state index in [1.807, 2.05) is 0 Å². The molecule has 0 aliphatic heterocycles. The summed E-state index contributed by atoms with van der Waals surface area (Å²) in [6.07, 6.45) is 98.0. The minimum Gasteiger partial charge on any atom is -0.466 e. The van der Waals surface area contributed by atoms with E-state index in [4.69, 9.17) is 4.74 Å². The molecular formula is C80H153NO5. The lowest BCUT2D eigenvalue weighted by Crippen LogP contribution is -2.45. The Labute approximate surface area is 538 Å². The summed E-state index contributed by atoms with van der Waals surface area (Å²) < 4.78 is 5.47. The molecule has 0 saturated heterocycles. The van der Waals surface area contributed by atoms with Crippen LogP contribution in [0.15, 0.2) is 36.5 Å². The summed E-state index contributed by atoms with van der Waals surface area (Å²) in [5.41, 5.74) is 0. The van der Waals surface area contributed by atoms with Crippen molar-refractivity contribution in [3.63, 3.8) is 0 Å². The van der Waals surface area contributed by atoms with Crippen LogP contribution in [0.4, 0.5) is 0 Å². The summed E-state index contributed by atoms with van der Waals surface area (Å²) in [5, 5.41) is 23.5. The molecule has 1 amide bonds. The zero-order chi connectivity index (χ0) is 62.0. The Morgan fingerprint density at radius 3 is 0.919 bits per heavy atom. The number of allylic oxidation sites excluding steroid dienone is 6. The van der Waals surface area contributed by atoms with Crippen LogP contribution in [-0.4, -0.2) is 47.4 Å². The largest absolute Gasteiger partial charge is 0.466 e. The number of unbranched alkanes of at least 4 members (excludes halogenated alkanes) is 57. The van der Waals surface area contributed by atoms with Gasteiger partial charge in [-0.15, -0.1) is 0 Å². The van der Waals surface area contributed by atoms with Gasteiger partial charge < -0.3 is 20.3 Å². The van der Waals surface area contributed by atoms with Crippen molar-refractivity contribution in [3.05, 3.63) is 36.5 Å². The average molecular weight is 1210 g/mol. The molecule has 0 aromatic rings. The highest BCUT2D eigenvalue weighted by Crippen LogP contribution is 2.20. The number of carbonyl (C=O) groups excluding carboxylic acids is 2. The van der Waals surface area contributed by atoms with Gasteiger partial charge >= 0.3 is 5.97 Å². The van der Waals surface area contributed by atoms with Gasteiger partial charge in [-0.2, -0.15) is 0 Å². The second-order valence-electron chi connectivity index (χ2n) is 27.0. The van der Waals surface area contributed by atoms with Crippen molar-refractivity contribution in [2.75, 3.05) is 13.2 Å². The summed E-state index contributed by atoms with van der Waals surface area (Å²) in [4.78, 5) is 24.6. The highest BCUT2D eigenvalue weighted by molar-refractivity contribution is 5.76. The smallest absolute Gasteiger partial charge is 0.305 e. The van der Waals surface area contributed by atoms with Crippen molar-refractivity contribution < 1.29 is 24.5 Å².